The summed E-state index contributed by atoms with van der Waals surface area (Å²) in [5, 5.41) is 16.1. The molecule has 0 aromatic heterocycles. The Morgan fingerprint density at radius 3 is 2.50 bits per heavy atom. The summed E-state index contributed by atoms with van der Waals surface area (Å²) >= 11 is 0. The lowest BCUT2D eigenvalue weighted by molar-refractivity contribution is -0.117. The minimum Gasteiger partial charge on any atom is -0.384 e. The lowest BCUT2D eigenvalue weighted by Crippen LogP contribution is -2.38. The molecule has 0 aliphatic rings. The van der Waals surface area contributed by atoms with Gasteiger partial charge in [-0.05, 0) is 26.8 Å². The van der Waals surface area contributed by atoms with Crippen molar-refractivity contribution in [2.75, 3.05) is 19.6 Å². The predicted molar refractivity (Wildman–Crippen MR) is 74.4 cm³/mol. The summed E-state index contributed by atoms with van der Waals surface area (Å²) in [6, 6.07) is 0.111. The molecule has 0 radical (unpaired) electrons. The van der Waals surface area contributed by atoms with E-state index in [-0.39, 0.29) is 17.8 Å². The molecule has 0 saturated carbocycles. The first-order chi connectivity index (χ1) is 8.47. The number of carbonyl (C=O) groups is 1. The molecule has 0 saturated heterocycles. The number of hydrogen-bond donors (Lipinski definition) is 5. The molecule has 0 unspecified atom stereocenters. The number of nitrogens with two attached hydrogens (primary N) is 1. The summed E-state index contributed by atoms with van der Waals surface area (Å²) in [6.07, 6.45) is 2.40. The van der Waals surface area contributed by atoms with Gasteiger partial charge in [0.05, 0.1) is 0 Å². The molecule has 0 heterocycles. The molecule has 0 spiro atoms. The van der Waals surface area contributed by atoms with Gasteiger partial charge in [0.2, 0.25) is 0 Å². The van der Waals surface area contributed by atoms with Gasteiger partial charge in [0.1, 0.15) is 11.5 Å². The molecule has 1 amide bonds. The third-order valence-electron chi connectivity index (χ3n) is 2.00. The third-order valence-corrected chi connectivity index (χ3v) is 2.00. The topological polar surface area (TPSA) is 103 Å². The maximum atomic E-state index is 11.8. The SMILES string of the molecule is CCCNCCNC(=O)/C(=C/C(=N)N)NC(C)C. The van der Waals surface area contributed by atoms with Crippen molar-refractivity contribution in [2.45, 2.75) is 33.2 Å². The fraction of sp³-hybridized carbons (Fsp3) is 0.667. The summed E-state index contributed by atoms with van der Waals surface area (Å²) in [4.78, 5) is 11.8. The standard InChI is InChI=1S/C12H25N5O/c1-4-5-15-6-7-16-12(18)10(8-11(13)14)17-9(2)3/h8-9,15,17H,4-7H2,1-3H3,(H3,13,14)(H,16,18)/b10-8-. The highest BCUT2D eigenvalue weighted by atomic mass is 16.2. The van der Waals surface area contributed by atoms with Gasteiger partial charge in [-0.25, -0.2) is 0 Å². The van der Waals surface area contributed by atoms with E-state index in [9.17, 15) is 4.79 Å². The molecule has 6 nitrogen and oxygen atoms in total. The van der Waals surface area contributed by atoms with Crippen molar-refractivity contribution in [3.05, 3.63) is 11.8 Å². The summed E-state index contributed by atoms with van der Waals surface area (Å²) in [7, 11) is 0. The highest BCUT2D eigenvalue weighted by Gasteiger charge is 2.10. The third kappa shape index (κ3) is 8.58. The van der Waals surface area contributed by atoms with Crippen molar-refractivity contribution >= 4 is 11.7 Å². The summed E-state index contributed by atoms with van der Waals surface area (Å²) in [5.41, 5.74) is 5.60. The first-order valence-electron chi connectivity index (χ1n) is 6.28. The van der Waals surface area contributed by atoms with Crippen LogP contribution in [0.1, 0.15) is 27.2 Å². The Bertz CT molecular complexity index is 299. The highest BCUT2D eigenvalue weighted by Crippen LogP contribution is 1.92. The fourth-order valence-electron chi connectivity index (χ4n) is 1.30. The van der Waals surface area contributed by atoms with Crippen LogP contribution in [0.2, 0.25) is 0 Å². The van der Waals surface area contributed by atoms with Crippen LogP contribution in [0.25, 0.3) is 0 Å². The van der Waals surface area contributed by atoms with Crippen LogP contribution in [0.3, 0.4) is 0 Å². The normalized spacial score (nSPS) is 11.4. The van der Waals surface area contributed by atoms with E-state index in [1.54, 1.807) is 0 Å². The fourth-order valence-corrected chi connectivity index (χ4v) is 1.30. The number of amides is 1. The van der Waals surface area contributed by atoms with Crippen LogP contribution in [0, 0.1) is 5.41 Å². The van der Waals surface area contributed by atoms with Crippen LogP contribution < -0.4 is 21.7 Å². The van der Waals surface area contributed by atoms with E-state index in [0.29, 0.717) is 12.2 Å². The average molecular weight is 255 g/mol. The molecule has 6 N–H and O–H groups in total. The van der Waals surface area contributed by atoms with Crippen molar-refractivity contribution in [3.63, 3.8) is 0 Å². The second-order valence-electron chi connectivity index (χ2n) is 4.32. The maximum absolute atomic E-state index is 11.8. The molecule has 0 rings (SSSR count). The number of rotatable bonds is 9. The van der Waals surface area contributed by atoms with Crippen LogP contribution in [-0.4, -0.2) is 37.4 Å². The molecule has 18 heavy (non-hydrogen) atoms. The minimum absolute atomic E-state index is 0.111. The maximum Gasteiger partial charge on any atom is 0.267 e. The van der Waals surface area contributed by atoms with Gasteiger partial charge in [-0.15, -0.1) is 0 Å². The van der Waals surface area contributed by atoms with Gasteiger partial charge >= 0.3 is 0 Å². The van der Waals surface area contributed by atoms with E-state index in [2.05, 4.69) is 22.9 Å². The summed E-state index contributed by atoms with van der Waals surface area (Å²) in [5.74, 6) is -0.380. The lowest BCUT2D eigenvalue weighted by Gasteiger charge is -2.14. The van der Waals surface area contributed by atoms with Gasteiger partial charge in [-0.3, -0.25) is 10.2 Å². The zero-order valence-corrected chi connectivity index (χ0v) is 11.5. The number of hydrogen-bond acceptors (Lipinski definition) is 4. The predicted octanol–water partition coefficient (Wildman–Crippen LogP) is -0.0799. The van der Waals surface area contributed by atoms with Crippen LogP contribution in [0.4, 0.5) is 0 Å². The second kappa shape index (κ2) is 9.47. The summed E-state index contributed by atoms with van der Waals surface area (Å²) < 4.78 is 0. The van der Waals surface area contributed by atoms with Crippen molar-refractivity contribution < 1.29 is 4.79 Å². The average Bonchev–Trinajstić information content (AvgIpc) is 2.26. The van der Waals surface area contributed by atoms with E-state index in [0.717, 1.165) is 19.5 Å². The van der Waals surface area contributed by atoms with E-state index < -0.39 is 0 Å². The van der Waals surface area contributed by atoms with Crippen molar-refractivity contribution in [3.8, 4) is 0 Å². The molecule has 104 valence electrons. The molecule has 0 bridgehead atoms. The van der Waals surface area contributed by atoms with Crippen molar-refractivity contribution in [1.82, 2.24) is 16.0 Å². The molecule has 0 atom stereocenters. The van der Waals surface area contributed by atoms with Crippen molar-refractivity contribution in [2.24, 2.45) is 5.73 Å². The van der Waals surface area contributed by atoms with E-state index in [4.69, 9.17) is 11.1 Å². The zero-order valence-electron chi connectivity index (χ0n) is 11.5. The number of nitrogens with one attached hydrogen (secondary N) is 4. The Hall–Kier alpha value is -1.56. The largest absolute Gasteiger partial charge is 0.384 e. The Labute approximate surface area is 109 Å². The lowest BCUT2D eigenvalue weighted by atomic mass is 10.3. The quantitative estimate of drug-likeness (QED) is 0.172. The molecule has 0 fully saturated rings. The molecular weight excluding hydrogens is 230 g/mol. The Kier molecular flexibility index (Phi) is 8.65. The smallest absolute Gasteiger partial charge is 0.267 e. The van der Waals surface area contributed by atoms with Gasteiger partial charge in [-0.2, -0.15) is 0 Å². The zero-order chi connectivity index (χ0) is 14.0. The molecule has 0 aromatic carbocycles. The van der Waals surface area contributed by atoms with Gasteiger partial charge in [0.15, 0.2) is 0 Å². The van der Waals surface area contributed by atoms with Gasteiger partial charge < -0.3 is 21.7 Å². The van der Waals surface area contributed by atoms with Crippen LogP contribution in [-0.2, 0) is 4.79 Å². The Morgan fingerprint density at radius 2 is 2.00 bits per heavy atom. The highest BCUT2D eigenvalue weighted by molar-refractivity contribution is 6.00. The molecule has 0 aromatic rings. The second-order valence-corrected chi connectivity index (χ2v) is 4.32. The van der Waals surface area contributed by atoms with Gasteiger partial charge in [0.25, 0.3) is 5.91 Å². The van der Waals surface area contributed by atoms with Gasteiger partial charge in [0, 0.05) is 25.2 Å². The monoisotopic (exact) mass is 255 g/mol. The first-order valence-corrected chi connectivity index (χ1v) is 6.28. The Balaban J connectivity index is 4.18. The van der Waals surface area contributed by atoms with Gasteiger partial charge in [-0.1, -0.05) is 6.92 Å². The molecular formula is C12H25N5O. The van der Waals surface area contributed by atoms with E-state index in [1.807, 2.05) is 13.8 Å². The van der Waals surface area contributed by atoms with E-state index >= 15 is 0 Å². The van der Waals surface area contributed by atoms with Crippen LogP contribution in [0.5, 0.6) is 0 Å². The number of carbonyl (C=O) groups excluding carboxylic acids is 1. The van der Waals surface area contributed by atoms with Crippen LogP contribution >= 0.6 is 0 Å². The minimum atomic E-state index is -0.239. The van der Waals surface area contributed by atoms with Crippen molar-refractivity contribution in [1.29, 1.82) is 5.41 Å². The first kappa shape index (κ1) is 16.4. The molecule has 0 aliphatic heterocycles. The summed E-state index contributed by atoms with van der Waals surface area (Å²) in [6.45, 7) is 8.15. The number of amidine groups is 1. The Morgan fingerprint density at radius 1 is 1.33 bits per heavy atom. The van der Waals surface area contributed by atoms with E-state index in [1.165, 1.54) is 6.08 Å². The molecule has 6 heteroatoms. The van der Waals surface area contributed by atoms with Crippen LogP contribution in [0.15, 0.2) is 11.8 Å². The molecule has 0 aliphatic carbocycles.